The fourth-order valence-electron chi connectivity index (χ4n) is 3.85. The van der Waals surface area contributed by atoms with Gasteiger partial charge in [-0.25, -0.2) is 9.37 Å². The van der Waals surface area contributed by atoms with Gasteiger partial charge in [-0.1, -0.05) is 24.3 Å². The quantitative estimate of drug-likeness (QED) is 0.244. The van der Waals surface area contributed by atoms with Gasteiger partial charge in [-0.2, -0.15) is 0 Å². The van der Waals surface area contributed by atoms with Crippen LogP contribution in [0.5, 0.6) is 0 Å². The topological polar surface area (TPSA) is 61.2 Å². The van der Waals surface area contributed by atoms with Crippen molar-refractivity contribution in [1.29, 1.82) is 0 Å². The van der Waals surface area contributed by atoms with Crippen molar-refractivity contribution in [1.82, 2.24) is 9.55 Å². The van der Waals surface area contributed by atoms with Gasteiger partial charge in [0.05, 0.1) is 21.6 Å². The number of nitrogens with zero attached hydrogens (tertiary/aromatic N) is 2. The van der Waals surface area contributed by atoms with Gasteiger partial charge in [0.15, 0.2) is 6.61 Å². The molecule has 0 radical (unpaired) electrons. The summed E-state index contributed by atoms with van der Waals surface area (Å²) in [5.41, 5.74) is 4.31. The third kappa shape index (κ3) is 5.54. The molecule has 0 unspecified atom stereocenters. The zero-order chi connectivity index (χ0) is 23.4. The van der Waals surface area contributed by atoms with Crippen molar-refractivity contribution < 1.29 is 18.7 Å². The first kappa shape index (κ1) is 22.9. The summed E-state index contributed by atoms with van der Waals surface area (Å²) in [4.78, 5) is 29.4. The van der Waals surface area contributed by atoms with Crippen molar-refractivity contribution >= 4 is 33.3 Å². The summed E-state index contributed by atoms with van der Waals surface area (Å²) >= 11 is 1.56. The molecule has 0 saturated carbocycles. The number of thiazole rings is 1. The maximum Gasteiger partial charge on any atom is 0.306 e. The number of ether oxygens (including phenoxy) is 1. The van der Waals surface area contributed by atoms with E-state index in [-0.39, 0.29) is 24.6 Å². The molecule has 4 rings (SSSR count). The van der Waals surface area contributed by atoms with E-state index in [0.29, 0.717) is 18.5 Å². The smallest absolute Gasteiger partial charge is 0.306 e. The first-order valence-corrected chi connectivity index (χ1v) is 11.7. The van der Waals surface area contributed by atoms with Gasteiger partial charge in [-0.15, -0.1) is 11.3 Å². The molecule has 2 aromatic heterocycles. The van der Waals surface area contributed by atoms with Crippen LogP contribution in [0.25, 0.3) is 10.2 Å². The van der Waals surface area contributed by atoms with Gasteiger partial charge in [0.25, 0.3) is 0 Å². The number of esters is 1. The fourth-order valence-corrected chi connectivity index (χ4v) is 4.82. The van der Waals surface area contributed by atoms with Crippen molar-refractivity contribution in [2.45, 2.75) is 39.7 Å². The highest BCUT2D eigenvalue weighted by Gasteiger charge is 2.17. The van der Waals surface area contributed by atoms with Gasteiger partial charge in [0.1, 0.15) is 5.82 Å². The Bertz CT molecular complexity index is 1260. The zero-order valence-electron chi connectivity index (χ0n) is 18.6. The van der Waals surface area contributed by atoms with Crippen LogP contribution in [0, 0.1) is 19.7 Å². The van der Waals surface area contributed by atoms with Crippen LogP contribution in [0.2, 0.25) is 0 Å². The summed E-state index contributed by atoms with van der Waals surface area (Å²) in [7, 11) is 0. The third-order valence-corrected chi connectivity index (χ3v) is 6.75. The minimum Gasteiger partial charge on any atom is -0.457 e. The Balaban J connectivity index is 1.30. The maximum absolute atomic E-state index is 13.1. The molecule has 0 aliphatic carbocycles. The van der Waals surface area contributed by atoms with E-state index in [2.05, 4.69) is 9.55 Å². The minimum absolute atomic E-state index is 0.184. The Hall–Kier alpha value is -3.32. The highest BCUT2D eigenvalue weighted by molar-refractivity contribution is 7.18. The van der Waals surface area contributed by atoms with E-state index < -0.39 is 5.97 Å². The van der Waals surface area contributed by atoms with Crippen molar-refractivity contribution in [3.63, 3.8) is 0 Å². The van der Waals surface area contributed by atoms with Gasteiger partial charge in [0.2, 0.25) is 5.78 Å². The Morgan fingerprint density at radius 3 is 2.58 bits per heavy atom. The molecule has 0 spiro atoms. The molecule has 0 N–H and O–H groups in total. The zero-order valence-corrected chi connectivity index (χ0v) is 19.5. The van der Waals surface area contributed by atoms with Crippen LogP contribution in [0.3, 0.4) is 0 Å². The van der Waals surface area contributed by atoms with E-state index >= 15 is 0 Å². The van der Waals surface area contributed by atoms with E-state index in [0.717, 1.165) is 38.6 Å². The van der Waals surface area contributed by atoms with Crippen LogP contribution in [0.4, 0.5) is 4.39 Å². The van der Waals surface area contributed by atoms with E-state index in [1.165, 1.54) is 12.1 Å². The average Bonchev–Trinajstić information content (AvgIpc) is 3.35. The number of rotatable bonds is 9. The second-order valence-electron chi connectivity index (χ2n) is 7.97. The molecule has 0 saturated heterocycles. The normalized spacial score (nSPS) is 11.1. The van der Waals surface area contributed by atoms with Crippen LogP contribution in [0.1, 0.15) is 38.7 Å². The lowest BCUT2D eigenvalue weighted by molar-refractivity contribution is -0.142. The van der Waals surface area contributed by atoms with Crippen LogP contribution in [0.15, 0.2) is 54.6 Å². The molecular weight excluding hydrogens is 439 g/mol. The summed E-state index contributed by atoms with van der Waals surface area (Å²) in [6.45, 7) is 4.23. The van der Waals surface area contributed by atoms with Crippen LogP contribution in [-0.2, 0) is 28.9 Å². The van der Waals surface area contributed by atoms with Crippen molar-refractivity contribution in [2.75, 3.05) is 6.61 Å². The molecule has 0 aliphatic heterocycles. The van der Waals surface area contributed by atoms with Gasteiger partial charge in [0, 0.05) is 29.9 Å². The van der Waals surface area contributed by atoms with E-state index in [1.54, 1.807) is 23.5 Å². The van der Waals surface area contributed by atoms with Crippen LogP contribution >= 0.6 is 11.3 Å². The average molecular weight is 465 g/mol. The molecule has 2 heterocycles. The molecule has 7 heteroatoms. The molecule has 0 bridgehead atoms. The number of aromatic nitrogens is 2. The van der Waals surface area contributed by atoms with Gasteiger partial charge < -0.3 is 9.30 Å². The molecule has 2 aromatic carbocycles. The van der Waals surface area contributed by atoms with E-state index in [4.69, 9.17) is 4.74 Å². The summed E-state index contributed by atoms with van der Waals surface area (Å²) in [5.74, 6) is -0.883. The standard InChI is InChI=1S/C26H25FN2O3S/c1-17-15-21(18(2)29(17)14-13-19-7-9-20(27)10-8-19)23(30)16-32-26(31)12-11-25-28-22-5-3-4-6-24(22)33-25/h3-10,15H,11-14,16H2,1-2H3. The first-order valence-electron chi connectivity index (χ1n) is 10.8. The lowest BCUT2D eigenvalue weighted by Crippen LogP contribution is -2.15. The second kappa shape index (κ2) is 10.1. The number of carbonyl (C=O) groups excluding carboxylic acids is 2. The predicted octanol–water partition coefficient (Wildman–Crippen LogP) is 5.46. The summed E-state index contributed by atoms with van der Waals surface area (Å²) in [6.07, 6.45) is 1.40. The molecule has 0 amide bonds. The molecule has 0 atom stereocenters. The monoisotopic (exact) mass is 464 g/mol. The number of benzene rings is 2. The lowest BCUT2D eigenvalue weighted by Gasteiger charge is -2.10. The number of ketones is 1. The van der Waals surface area contributed by atoms with Crippen LogP contribution in [-0.4, -0.2) is 27.9 Å². The number of carbonyl (C=O) groups is 2. The molecule has 5 nitrogen and oxygen atoms in total. The second-order valence-corrected chi connectivity index (χ2v) is 9.09. The number of halogens is 1. The van der Waals surface area contributed by atoms with Crippen molar-refractivity contribution in [3.05, 3.63) is 87.9 Å². The number of aryl methyl sites for hydroxylation is 3. The number of para-hydroxylation sites is 1. The van der Waals surface area contributed by atoms with Crippen molar-refractivity contribution in [3.8, 4) is 0 Å². The molecule has 0 aliphatic rings. The Morgan fingerprint density at radius 2 is 1.82 bits per heavy atom. The minimum atomic E-state index is -0.410. The highest BCUT2D eigenvalue weighted by Crippen LogP contribution is 2.22. The predicted molar refractivity (Wildman–Crippen MR) is 127 cm³/mol. The molecule has 4 aromatic rings. The molecule has 0 fully saturated rings. The van der Waals surface area contributed by atoms with E-state index in [1.807, 2.05) is 44.2 Å². The molecule has 170 valence electrons. The Labute approximate surface area is 195 Å². The van der Waals surface area contributed by atoms with Crippen LogP contribution < -0.4 is 0 Å². The number of hydrogen-bond acceptors (Lipinski definition) is 5. The lowest BCUT2D eigenvalue weighted by atomic mass is 10.1. The van der Waals surface area contributed by atoms with Gasteiger partial charge >= 0.3 is 5.97 Å². The number of fused-ring (bicyclic) bond motifs is 1. The summed E-state index contributed by atoms with van der Waals surface area (Å²) in [6, 6.07) is 16.1. The maximum atomic E-state index is 13.1. The SMILES string of the molecule is Cc1cc(C(=O)COC(=O)CCc2nc3ccccc3s2)c(C)n1CCc1ccc(F)cc1. The Morgan fingerprint density at radius 1 is 1.06 bits per heavy atom. The molecule has 33 heavy (non-hydrogen) atoms. The summed E-state index contributed by atoms with van der Waals surface area (Å²) < 4.78 is 21.5. The van der Waals surface area contributed by atoms with Gasteiger partial charge in [-0.3, -0.25) is 9.59 Å². The highest BCUT2D eigenvalue weighted by atomic mass is 32.1. The molecular formula is C26H25FN2O3S. The fraction of sp³-hybridized carbons (Fsp3) is 0.269. The Kier molecular flexibility index (Phi) is 6.99. The summed E-state index contributed by atoms with van der Waals surface area (Å²) in [5, 5.41) is 0.879. The first-order chi connectivity index (χ1) is 15.9. The number of Topliss-reactive ketones (excluding diaryl/α,β-unsaturated/α-hetero) is 1. The largest absolute Gasteiger partial charge is 0.457 e. The third-order valence-electron chi connectivity index (χ3n) is 5.66. The van der Waals surface area contributed by atoms with E-state index in [9.17, 15) is 14.0 Å². The van der Waals surface area contributed by atoms with Crippen molar-refractivity contribution in [2.24, 2.45) is 0 Å². The van der Waals surface area contributed by atoms with Gasteiger partial charge in [-0.05, 0) is 56.2 Å². The number of hydrogen-bond donors (Lipinski definition) is 0.